The van der Waals surface area contributed by atoms with E-state index in [1.807, 2.05) is 0 Å². The second-order valence-electron chi connectivity index (χ2n) is 3.95. The Hall–Kier alpha value is -2.48. The van der Waals surface area contributed by atoms with Crippen LogP contribution in [0.5, 0.6) is 5.75 Å². The fraction of sp³-hybridized carbons (Fsp3) is 0.0769. The topological polar surface area (TPSA) is 94.4 Å². The van der Waals surface area contributed by atoms with Gasteiger partial charge in [0.1, 0.15) is 0 Å². The Morgan fingerprint density at radius 2 is 2.19 bits per heavy atom. The number of nitro groups is 1. The summed E-state index contributed by atoms with van der Waals surface area (Å²) in [4.78, 5) is 26.4. The number of hydrogen-bond donors (Lipinski definition) is 1. The van der Waals surface area contributed by atoms with E-state index in [0.717, 1.165) is 0 Å². The van der Waals surface area contributed by atoms with E-state index in [2.05, 4.69) is 26.2 Å². The first-order valence-electron chi connectivity index (χ1n) is 5.76. The number of nitro benzene ring substituents is 1. The van der Waals surface area contributed by atoms with E-state index in [9.17, 15) is 14.9 Å². The van der Waals surface area contributed by atoms with Crippen LogP contribution in [0.25, 0.3) is 0 Å². The minimum absolute atomic E-state index is 0.0987. The van der Waals surface area contributed by atoms with Crippen LogP contribution in [0, 0.1) is 10.1 Å². The number of anilines is 1. The van der Waals surface area contributed by atoms with Gasteiger partial charge >= 0.3 is 5.69 Å². The number of rotatable bonds is 4. The molecule has 0 radical (unpaired) electrons. The van der Waals surface area contributed by atoms with Crippen LogP contribution in [0.4, 0.5) is 11.4 Å². The molecule has 0 aliphatic rings. The molecule has 0 atom stereocenters. The fourth-order valence-corrected chi connectivity index (χ4v) is 1.99. The van der Waals surface area contributed by atoms with E-state index < -0.39 is 10.8 Å². The van der Waals surface area contributed by atoms with Gasteiger partial charge in [-0.2, -0.15) is 0 Å². The molecule has 108 valence electrons. The fourth-order valence-electron chi connectivity index (χ4n) is 1.64. The summed E-state index contributed by atoms with van der Waals surface area (Å²) in [5.74, 6) is -0.366. The normalized spacial score (nSPS) is 10.0. The molecule has 2 aromatic rings. The maximum absolute atomic E-state index is 12.1. The number of carbonyl (C=O) groups is 1. The van der Waals surface area contributed by atoms with Gasteiger partial charge in [0.05, 0.1) is 22.2 Å². The summed E-state index contributed by atoms with van der Waals surface area (Å²) >= 11 is 3.25. The Morgan fingerprint density at radius 1 is 1.43 bits per heavy atom. The molecular formula is C13H10BrN3O4. The number of carbonyl (C=O) groups excluding carboxylic acids is 1. The van der Waals surface area contributed by atoms with E-state index in [4.69, 9.17) is 4.74 Å². The Bertz CT molecular complexity index is 706. The van der Waals surface area contributed by atoms with Gasteiger partial charge in [0.2, 0.25) is 0 Å². The Labute approximate surface area is 128 Å². The lowest BCUT2D eigenvalue weighted by atomic mass is 10.1. The molecule has 0 fully saturated rings. The Balaban J connectivity index is 2.30. The molecule has 1 aromatic heterocycles. The smallest absolute Gasteiger partial charge is 0.311 e. The van der Waals surface area contributed by atoms with Gasteiger partial charge in [-0.15, -0.1) is 0 Å². The van der Waals surface area contributed by atoms with Crippen LogP contribution < -0.4 is 10.1 Å². The van der Waals surface area contributed by atoms with Crippen molar-refractivity contribution in [1.29, 1.82) is 0 Å². The van der Waals surface area contributed by atoms with Crippen LogP contribution in [0.1, 0.15) is 10.4 Å². The Kier molecular flexibility index (Phi) is 4.49. The molecule has 1 heterocycles. The first-order valence-corrected chi connectivity index (χ1v) is 6.55. The monoisotopic (exact) mass is 351 g/mol. The maximum atomic E-state index is 12.1. The standard InChI is InChI=1S/C13H10BrN3O4/c1-21-12-3-2-8(6-11(12)17(19)20)13(18)16-10-4-5-15-7-9(10)14/h2-7H,1H3,(H,15,16,18). The van der Waals surface area contributed by atoms with E-state index in [1.54, 1.807) is 6.07 Å². The zero-order chi connectivity index (χ0) is 15.4. The molecular weight excluding hydrogens is 342 g/mol. The minimum Gasteiger partial charge on any atom is -0.490 e. The van der Waals surface area contributed by atoms with Crippen LogP contribution in [0.2, 0.25) is 0 Å². The van der Waals surface area contributed by atoms with Crippen LogP contribution in [-0.2, 0) is 0 Å². The van der Waals surface area contributed by atoms with Crippen LogP contribution in [-0.4, -0.2) is 22.9 Å². The number of pyridine rings is 1. The molecule has 1 aromatic carbocycles. The number of methoxy groups -OCH3 is 1. The molecule has 0 aliphatic heterocycles. The van der Waals surface area contributed by atoms with E-state index in [0.29, 0.717) is 10.2 Å². The molecule has 0 spiro atoms. The lowest BCUT2D eigenvalue weighted by Crippen LogP contribution is -2.12. The van der Waals surface area contributed by atoms with Gasteiger partial charge < -0.3 is 10.1 Å². The first kappa shape index (κ1) is 14.9. The summed E-state index contributed by atoms with van der Waals surface area (Å²) in [6, 6.07) is 5.62. The van der Waals surface area contributed by atoms with Gasteiger partial charge in [-0.25, -0.2) is 0 Å². The molecule has 7 nitrogen and oxygen atoms in total. The third kappa shape index (κ3) is 3.34. The molecule has 0 aliphatic carbocycles. The zero-order valence-electron chi connectivity index (χ0n) is 10.9. The number of hydrogen-bond acceptors (Lipinski definition) is 5. The number of ether oxygens (including phenoxy) is 1. The quantitative estimate of drug-likeness (QED) is 0.674. The third-order valence-electron chi connectivity index (χ3n) is 2.66. The molecule has 0 unspecified atom stereocenters. The number of halogens is 1. The van der Waals surface area contributed by atoms with Crippen molar-refractivity contribution >= 4 is 33.2 Å². The van der Waals surface area contributed by atoms with Gasteiger partial charge in [0.15, 0.2) is 5.75 Å². The van der Waals surface area contributed by atoms with Gasteiger partial charge in [-0.3, -0.25) is 19.9 Å². The van der Waals surface area contributed by atoms with E-state index in [1.165, 1.54) is 37.7 Å². The lowest BCUT2D eigenvalue weighted by Gasteiger charge is -2.08. The highest BCUT2D eigenvalue weighted by atomic mass is 79.9. The van der Waals surface area contributed by atoms with Crippen molar-refractivity contribution in [3.8, 4) is 5.75 Å². The largest absolute Gasteiger partial charge is 0.490 e. The molecule has 1 N–H and O–H groups in total. The number of aromatic nitrogens is 1. The van der Waals surface area contributed by atoms with Crippen LogP contribution >= 0.6 is 15.9 Å². The summed E-state index contributed by atoms with van der Waals surface area (Å²) in [6.45, 7) is 0. The maximum Gasteiger partial charge on any atom is 0.311 e. The van der Waals surface area contributed by atoms with E-state index in [-0.39, 0.29) is 17.0 Å². The van der Waals surface area contributed by atoms with Crippen molar-refractivity contribution in [2.45, 2.75) is 0 Å². The summed E-state index contributed by atoms with van der Waals surface area (Å²) in [6.07, 6.45) is 3.06. The first-order chi connectivity index (χ1) is 10.0. The molecule has 1 amide bonds. The average molecular weight is 352 g/mol. The lowest BCUT2D eigenvalue weighted by molar-refractivity contribution is -0.385. The van der Waals surface area contributed by atoms with Gasteiger partial charge in [-0.05, 0) is 34.1 Å². The highest BCUT2D eigenvalue weighted by molar-refractivity contribution is 9.10. The second-order valence-corrected chi connectivity index (χ2v) is 4.81. The predicted octanol–water partition coefficient (Wildman–Crippen LogP) is 3.01. The number of nitrogens with zero attached hydrogens (tertiary/aromatic N) is 2. The SMILES string of the molecule is COc1ccc(C(=O)Nc2ccncc2Br)cc1[N+](=O)[O-]. The molecule has 0 saturated heterocycles. The van der Waals surface area contributed by atoms with Crippen LogP contribution in [0.3, 0.4) is 0 Å². The highest BCUT2D eigenvalue weighted by Crippen LogP contribution is 2.28. The van der Waals surface area contributed by atoms with Crippen LogP contribution in [0.15, 0.2) is 41.1 Å². The summed E-state index contributed by atoms with van der Waals surface area (Å²) < 4.78 is 5.50. The van der Waals surface area contributed by atoms with Gasteiger partial charge in [0, 0.05) is 24.0 Å². The second kappa shape index (κ2) is 6.31. The Morgan fingerprint density at radius 3 is 2.81 bits per heavy atom. The molecule has 8 heteroatoms. The minimum atomic E-state index is -0.599. The van der Waals surface area contributed by atoms with Gasteiger partial charge in [0.25, 0.3) is 5.91 Å². The third-order valence-corrected chi connectivity index (χ3v) is 3.29. The summed E-state index contributed by atoms with van der Waals surface area (Å²) in [7, 11) is 1.33. The molecule has 0 bridgehead atoms. The zero-order valence-corrected chi connectivity index (χ0v) is 12.5. The predicted molar refractivity (Wildman–Crippen MR) is 79.5 cm³/mol. The van der Waals surface area contributed by atoms with Crippen molar-refractivity contribution in [2.75, 3.05) is 12.4 Å². The molecule has 2 rings (SSSR count). The number of benzene rings is 1. The summed E-state index contributed by atoms with van der Waals surface area (Å²) in [5.41, 5.74) is 0.415. The average Bonchev–Trinajstić information content (AvgIpc) is 2.48. The number of nitrogens with one attached hydrogen (secondary N) is 1. The number of amides is 1. The van der Waals surface area contributed by atoms with Gasteiger partial charge in [-0.1, -0.05) is 0 Å². The van der Waals surface area contributed by atoms with Crippen molar-refractivity contribution in [3.05, 3.63) is 56.8 Å². The summed E-state index contributed by atoms with van der Waals surface area (Å²) in [5, 5.41) is 13.6. The highest BCUT2D eigenvalue weighted by Gasteiger charge is 2.18. The van der Waals surface area contributed by atoms with Crippen molar-refractivity contribution in [2.24, 2.45) is 0 Å². The van der Waals surface area contributed by atoms with Crippen molar-refractivity contribution in [3.63, 3.8) is 0 Å². The van der Waals surface area contributed by atoms with Crippen molar-refractivity contribution in [1.82, 2.24) is 4.98 Å². The van der Waals surface area contributed by atoms with E-state index >= 15 is 0 Å². The molecule has 21 heavy (non-hydrogen) atoms. The van der Waals surface area contributed by atoms with Crippen molar-refractivity contribution < 1.29 is 14.5 Å². The molecule has 0 saturated carbocycles.